The topological polar surface area (TPSA) is 92.9 Å². The van der Waals surface area contributed by atoms with Gasteiger partial charge in [0.1, 0.15) is 11.4 Å². The molecule has 0 fully saturated rings. The van der Waals surface area contributed by atoms with Crippen molar-refractivity contribution < 1.29 is 18.3 Å². The summed E-state index contributed by atoms with van der Waals surface area (Å²) in [4.78, 5) is 0.156. The summed E-state index contributed by atoms with van der Waals surface area (Å²) in [5, 5.41) is 9.38. The fourth-order valence-corrected chi connectivity index (χ4v) is 5.02. The first-order valence-electron chi connectivity index (χ1n) is 9.38. The third-order valence-corrected chi connectivity index (χ3v) is 6.54. The molecule has 0 radical (unpaired) electrons. The van der Waals surface area contributed by atoms with Gasteiger partial charge in [0.2, 0.25) is 10.0 Å². The van der Waals surface area contributed by atoms with Crippen LogP contribution in [0.4, 0.5) is 0 Å². The number of benzene rings is 2. The number of aliphatic hydroxyl groups is 1. The fraction of sp³-hybridized carbons (Fsp3) is 0.429. The first kappa shape index (κ1) is 22.4. The highest BCUT2D eigenvalue weighted by Crippen LogP contribution is 2.34. The molecule has 0 aliphatic rings. The van der Waals surface area contributed by atoms with Crippen LogP contribution >= 0.6 is 0 Å². The average molecular weight is 407 g/mol. The van der Waals surface area contributed by atoms with Gasteiger partial charge >= 0.3 is 0 Å². The van der Waals surface area contributed by atoms with Crippen LogP contribution in [0.2, 0.25) is 0 Å². The number of methoxy groups -OCH3 is 1. The summed E-state index contributed by atoms with van der Waals surface area (Å²) in [5.41, 5.74) is 6.21. The minimum absolute atomic E-state index is 0.0637. The Bertz CT molecular complexity index is 838. The van der Waals surface area contributed by atoms with Crippen LogP contribution in [0.15, 0.2) is 59.5 Å². The second-order valence-corrected chi connectivity index (χ2v) is 9.09. The van der Waals surface area contributed by atoms with Crippen LogP contribution in [0, 0.1) is 5.92 Å². The molecule has 3 N–H and O–H groups in total. The highest BCUT2D eigenvalue weighted by atomic mass is 32.2. The van der Waals surface area contributed by atoms with Gasteiger partial charge in [-0.05, 0) is 48.6 Å². The van der Waals surface area contributed by atoms with Crippen molar-refractivity contribution in [2.24, 2.45) is 11.7 Å². The summed E-state index contributed by atoms with van der Waals surface area (Å²) in [6.45, 7) is 4.09. The van der Waals surface area contributed by atoms with Crippen molar-refractivity contribution in [2.45, 2.75) is 37.2 Å². The van der Waals surface area contributed by atoms with Gasteiger partial charge in [-0.25, -0.2) is 8.42 Å². The molecule has 0 aromatic heterocycles. The van der Waals surface area contributed by atoms with Crippen LogP contribution in [-0.4, -0.2) is 38.1 Å². The molecule has 2 rings (SSSR count). The van der Waals surface area contributed by atoms with E-state index in [1.165, 1.54) is 23.5 Å². The van der Waals surface area contributed by atoms with Gasteiger partial charge < -0.3 is 15.6 Å². The maximum atomic E-state index is 13.6. The predicted molar refractivity (Wildman–Crippen MR) is 110 cm³/mol. The van der Waals surface area contributed by atoms with E-state index in [0.29, 0.717) is 24.2 Å². The van der Waals surface area contributed by atoms with Gasteiger partial charge in [0, 0.05) is 13.2 Å². The Morgan fingerprint density at radius 3 is 2.21 bits per heavy atom. The fourth-order valence-electron chi connectivity index (χ4n) is 3.17. The van der Waals surface area contributed by atoms with Crippen molar-refractivity contribution in [3.63, 3.8) is 0 Å². The van der Waals surface area contributed by atoms with Gasteiger partial charge in [0.25, 0.3) is 0 Å². The van der Waals surface area contributed by atoms with E-state index in [9.17, 15) is 13.5 Å². The van der Waals surface area contributed by atoms with Crippen molar-refractivity contribution in [3.05, 3.63) is 60.2 Å². The molecular formula is C21H30N2O4S. The number of ether oxygens (including phenoxy) is 1. The zero-order chi connectivity index (χ0) is 20.8. The SMILES string of the molecule is COc1ccc(S(=O)(=O)N(CC(C)C)C(N)(CCCO)c2ccccc2)cc1. The summed E-state index contributed by atoms with van der Waals surface area (Å²) in [6, 6.07) is 15.5. The molecule has 0 amide bonds. The first-order chi connectivity index (χ1) is 13.3. The Balaban J connectivity index is 2.59. The van der Waals surface area contributed by atoms with E-state index in [0.717, 1.165) is 0 Å². The quantitative estimate of drug-likeness (QED) is 0.592. The van der Waals surface area contributed by atoms with E-state index in [1.54, 1.807) is 12.1 Å². The molecule has 0 saturated carbocycles. The van der Waals surface area contributed by atoms with Crippen LogP contribution in [-0.2, 0) is 15.7 Å². The second kappa shape index (κ2) is 9.52. The van der Waals surface area contributed by atoms with Crippen LogP contribution in [0.1, 0.15) is 32.3 Å². The molecule has 0 spiro atoms. The number of aliphatic hydroxyl groups excluding tert-OH is 1. The van der Waals surface area contributed by atoms with E-state index in [1.807, 2.05) is 44.2 Å². The van der Waals surface area contributed by atoms with Crippen molar-refractivity contribution >= 4 is 10.0 Å². The Morgan fingerprint density at radius 1 is 1.11 bits per heavy atom. The summed E-state index contributed by atoms with van der Waals surface area (Å²) in [5.74, 6) is 0.644. The first-order valence-corrected chi connectivity index (χ1v) is 10.8. The van der Waals surface area contributed by atoms with Crippen molar-refractivity contribution in [1.29, 1.82) is 0 Å². The molecular weight excluding hydrogens is 376 g/mol. The molecule has 2 aromatic carbocycles. The molecule has 28 heavy (non-hydrogen) atoms. The monoisotopic (exact) mass is 406 g/mol. The molecule has 1 unspecified atom stereocenters. The number of nitrogens with zero attached hydrogens (tertiary/aromatic N) is 1. The Kier molecular flexibility index (Phi) is 7.60. The van der Waals surface area contributed by atoms with Gasteiger partial charge in [-0.15, -0.1) is 0 Å². The molecule has 2 aromatic rings. The summed E-state index contributed by atoms with van der Waals surface area (Å²) >= 11 is 0. The molecule has 0 aliphatic carbocycles. The molecule has 0 aliphatic heterocycles. The Labute approximate surface area is 168 Å². The summed E-state index contributed by atoms with van der Waals surface area (Å²) in [7, 11) is -2.35. The number of hydrogen-bond donors (Lipinski definition) is 2. The van der Waals surface area contributed by atoms with Gasteiger partial charge in [0.05, 0.1) is 12.0 Å². The van der Waals surface area contributed by atoms with E-state index in [-0.39, 0.29) is 24.0 Å². The maximum absolute atomic E-state index is 13.6. The minimum atomic E-state index is -3.89. The molecule has 0 bridgehead atoms. The smallest absolute Gasteiger partial charge is 0.244 e. The standard InChI is InChI=1S/C21H30N2O4S/c1-17(2)16-23(28(25,26)20-12-10-19(27-3)11-13-20)21(22,14-7-15-24)18-8-5-4-6-9-18/h4-6,8-13,17,24H,7,14-16,22H2,1-3H3. The highest BCUT2D eigenvalue weighted by Gasteiger charge is 2.42. The lowest BCUT2D eigenvalue weighted by Crippen LogP contribution is -2.56. The molecule has 1 atom stereocenters. The lowest BCUT2D eigenvalue weighted by molar-refractivity contribution is 0.146. The lowest BCUT2D eigenvalue weighted by atomic mass is 9.94. The predicted octanol–water partition coefficient (Wildman–Crippen LogP) is 2.93. The zero-order valence-corrected chi connectivity index (χ0v) is 17.5. The minimum Gasteiger partial charge on any atom is -0.497 e. The van der Waals surface area contributed by atoms with Gasteiger partial charge in [-0.2, -0.15) is 4.31 Å². The van der Waals surface area contributed by atoms with Crippen LogP contribution in [0.5, 0.6) is 5.75 Å². The molecule has 0 saturated heterocycles. The number of sulfonamides is 1. The van der Waals surface area contributed by atoms with E-state index < -0.39 is 15.7 Å². The lowest BCUT2D eigenvalue weighted by Gasteiger charge is -2.41. The van der Waals surface area contributed by atoms with Crippen LogP contribution < -0.4 is 10.5 Å². The van der Waals surface area contributed by atoms with Crippen molar-refractivity contribution in [3.8, 4) is 5.75 Å². The molecule has 7 heteroatoms. The average Bonchev–Trinajstić information content (AvgIpc) is 2.70. The highest BCUT2D eigenvalue weighted by molar-refractivity contribution is 7.89. The van der Waals surface area contributed by atoms with Crippen molar-refractivity contribution in [1.82, 2.24) is 4.31 Å². The van der Waals surface area contributed by atoms with E-state index >= 15 is 0 Å². The third kappa shape index (κ3) is 4.91. The molecule has 6 nitrogen and oxygen atoms in total. The largest absolute Gasteiger partial charge is 0.497 e. The number of nitrogens with two attached hydrogens (primary N) is 1. The maximum Gasteiger partial charge on any atom is 0.244 e. The number of rotatable bonds is 10. The summed E-state index contributed by atoms with van der Waals surface area (Å²) in [6.07, 6.45) is 0.688. The molecule has 0 heterocycles. The Morgan fingerprint density at radius 2 is 1.71 bits per heavy atom. The van der Waals surface area contributed by atoms with E-state index in [4.69, 9.17) is 10.5 Å². The zero-order valence-electron chi connectivity index (χ0n) is 16.7. The van der Waals surface area contributed by atoms with Gasteiger partial charge in [-0.3, -0.25) is 0 Å². The molecule has 154 valence electrons. The number of hydrogen-bond acceptors (Lipinski definition) is 5. The van der Waals surface area contributed by atoms with Gasteiger partial charge in [-0.1, -0.05) is 44.2 Å². The van der Waals surface area contributed by atoms with Crippen LogP contribution in [0.3, 0.4) is 0 Å². The van der Waals surface area contributed by atoms with Crippen LogP contribution in [0.25, 0.3) is 0 Å². The normalized spacial score (nSPS) is 14.2. The van der Waals surface area contributed by atoms with Gasteiger partial charge in [0.15, 0.2) is 0 Å². The van der Waals surface area contributed by atoms with Crippen molar-refractivity contribution in [2.75, 3.05) is 20.3 Å². The second-order valence-electron chi connectivity index (χ2n) is 7.22. The summed E-state index contributed by atoms with van der Waals surface area (Å²) < 4.78 is 33.7. The van der Waals surface area contributed by atoms with E-state index in [2.05, 4.69) is 0 Å². The third-order valence-electron chi connectivity index (χ3n) is 4.61. The Hall–Kier alpha value is -1.93.